The quantitative estimate of drug-likeness (QED) is 0.822. The second-order valence-corrected chi connectivity index (χ2v) is 4.31. The Balaban J connectivity index is 2.36. The van der Waals surface area contributed by atoms with Gasteiger partial charge in [0.05, 0.1) is 11.3 Å². The normalized spacial score (nSPS) is 10.2. The Bertz CT molecular complexity index is 586. The third-order valence-electron chi connectivity index (χ3n) is 2.65. The van der Waals surface area contributed by atoms with E-state index in [2.05, 4.69) is 12.6 Å². The highest BCUT2D eigenvalue weighted by Gasteiger charge is 2.17. The third kappa shape index (κ3) is 2.38. The maximum absolute atomic E-state index is 13.6. The van der Waals surface area contributed by atoms with Crippen LogP contribution in [0.25, 0.3) is 0 Å². The van der Waals surface area contributed by atoms with Crippen LogP contribution in [0, 0.1) is 5.82 Å². The molecule has 0 aliphatic heterocycles. The fourth-order valence-corrected chi connectivity index (χ4v) is 1.92. The lowest BCUT2D eigenvalue weighted by Crippen LogP contribution is -2.27. The summed E-state index contributed by atoms with van der Waals surface area (Å²) in [6, 6.07) is 13.1. The predicted molar refractivity (Wildman–Crippen MR) is 72.8 cm³/mol. The molecule has 4 heteroatoms. The van der Waals surface area contributed by atoms with Crippen molar-refractivity contribution in [3.05, 3.63) is 59.9 Å². The fraction of sp³-hybridized carbons (Fsp3) is 0.0714. The zero-order chi connectivity index (χ0) is 13.1. The molecule has 2 aromatic carbocycles. The molecule has 0 N–H and O–H groups in total. The summed E-state index contributed by atoms with van der Waals surface area (Å²) in [4.78, 5) is 14.1. The summed E-state index contributed by atoms with van der Waals surface area (Å²) >= 11 is 4.23. The molecule has 0 bridgehead atoms. The van der Waals surface area contributed by atoms with E-state index >= 15 is 0 Å². The second-order valence-electron chi connectivity index (χ2n) is 3.83. The molecular formula is C14H12FNOS. The molecule has 0 spiro atoms. The lowest BCUT2D eigenvalue weighted by Gasteiger charge is -2.18. The van der Waals surface area contributed by atoms with Gasteiger partial charge in [0.2, 0.25) is 0 Å². The monoisotopic (exact) mass is 261 g/mol. The van der Waals surface area contributed by atoms with Crippen molar-refractivity contribution in [1.82, 2.24) is 0 Å². The molecule has 0 aliphatic rings. The summed E-state index contributed by atoms with van der Waals surface area (Å²) in [6.07, 6.45) is 0. The first-order valence-corrected chi connectivity index (χ1v) is 5.86. The molecule has 0 saturated heterocycles. The van der Waals surface area contributed by atoms with E-state index in [4.69, 9.17) is 0 Å². The molecule has 1 amide bonds. The fourth-order valence-electron chi connectivity index (χ4n) is 1.67. The van der Waals surface area contributed by atoms with E-state index < -0.39 is 5.82 Å². The average Bonchev–Trinajstić information content (AvgIpc) is 2.38. The Morgan fingerprint density at radius 1 is 1.11 bits per heavy atom. The number of nitrogens with zero attached hydrogens (tertiary/aromatic N) is 1. The van der Waals surface area contributed by atoms with Crippen LogP contribution in [-0.2, 0) is 0 Å². The Kier molecular flexibility index (Phi) is 3.67. The summed E-state index contributed by atoms with van der Waals surface area (Å²) < 4.78 is 13.6. The van der Waals surface area contributed by atoms with E-state index in [-0.39, 0.29) is 11.6 Å². The van der Waals surface area contributed by atoms with Gasteiger partial charge in [-0.05, 0) is 24.3 Å². The minimum Gasteiger partial charge on any atom is -0.309 e. The first-order valence-electron chi connectivity index (χ1n) is 5.42. The Morgan fingerprint density at radius 2 is 1.72 bits per heavy atom. The van der Waals surface area contributed by atoms with Crippen LogP contribution in [0.2, 0.25) is 0 Å². The van der Waals surface area contributed by atoms with Gasteiger partial charge in [-0.25, -0.2) is 4.39 Å². The lowest BCUT2D eigenvalue weighted by atomic mass is 10.2. The number of benzene rings is 2. The van der Waals surface area contributed by atoms with E-state index in [1.54, 1.807) is 49.5 Å². The van der Waals surface area contributed by atoms with E-state index in [1.807, 2.05) is 0 Å². The predicted octanol–water partition coefficient (Wildman–Crippen LogP) is 3.39. The van der Waals surface area contributed by atoms with E-state index in [1.165, 1.54) is 11.0 Å². The first kappa shape index (κ1) is 12.6. The van der Waals surface area contributed by atoms with Crippen molar-refractivity contribution in [3.63, 3.8) is 0 Å². The molecule has 0 atom stereocenters. The molecule has 0 aromatic heterocycles. The van der Waals surface area contributed by atoms with Crippen molar-refractivity contribution in [1.29, 1.82) is 0 Å². The number of carbonyl (C=O) groups excluding carboxylic acids is 1. The van der Waals surface area contributed by atoms with Crippen molar-refractivity contribution in [2.75, 3.05) is 11.9 Å². The highest BCUT2D eigenvalue weighted by Crippen LogP contribution is 2.21. The number of thiol groups is 1. The van der Waals surface area contributed by atoms with Gasteiger partial charge in [0.1, 0.15) is 5.82 Å². The molecule has 0 heterocycles. The Morgan fingerprint density at radius 3 is 2.39 bits per heavy atom. The van der Waals surface area contributed by atoms with Gasteiger partial charge in [-0.3, -0.25) is 4.79 Å². The standard InChI is InChI=1S/C14H12FNOS/c1-16(12-8-4-3-7-11(12)15)14(17)10-6-2-5-9-13(10)18/h2-9,18H,1H3. The highest BCUT2D eigenvalue weighted by atomic mass is 32.1. The van der Waals surface area contributed by atoms with Crippen LogP contribution in [0.4, 0.5) is 10.1 Å². The van der Waals surface area contributed by atoms with Gasteiger partial charge in [0.25, 0.3) is 5.91 Å². The first-order chi connectivity index (χ1) is 8.61. The number of halogens is 1. The van der Waals surface area contributed by atoms with E-state index in [0.29, 0.717) is 10.5 Å². The third-order valence-corrected chi connectivity index (χ3v) is 3.04. The molecular weight excluding hydrogens is 249 g/mol. The van der Waals surface area contributed by atoms with Crippen molar-refractivity contribution in [2.24, 2.45) is 0 Å². The van der Waals surface area contributed by atoms with Crippen molar-refractivity contribution in [3.8, 4) is 0 Å². The summed E-state index contributed by atoms with van der Waals surface area (Å²) in [6.45, 7) is 0. The Labute approximate surface area is 110 Å². The van der Waals surface area contributed by atoms with Gasteiger partial charge < -0.3 is 4.90 Å². The van der Waals surface area contributed by atoms with Crippen molar-refractivity contribution >= 4 is 24.2 Å². The number of hydrogen-bond acceptors (Lipinski definition) is 2. The zero-order valence-corrected chi connectivity index (χ0v) is 10.7. The van der Waals surface area contributed by atoms with Gasteiger partial charge in [-0.1, -0.05) is 24.3 Å². The largest absolute Gasteiger partial charge is 0.309 e. The number of para-hydroxylation sites is 1. The lowest BCUT2D eigenvalue weighted by molar-refractivity contribution is 0.0989. The van der Waals surface area contributed by atoms with Gasteiger partial charge >= 0.3 is 0 Å². The van der Waals surface area contributed by atoms with Gasteiger partial charge in [0.15, 0.2) is 0 Å². The molecule has 2 rings (SSSR count). The minimum absolute atomic E-state index is 0.249. The van der Waals surface area contributed by atoms with Crippen molar-refractivity contribution < 1.29 is 9.18 Å². The van der Waals surface area contributed by atoms with Gasteiger partial charge in [0, 0.05) is 11.9 Å². The highest BCUT2D eigenvalue weighted by molar-refractivity contribution is 7.80. The van der Waals surface area contributed by atoms with Crippen LogP contribution in [0.5, 0.6) is 0 Å². The maximum atomic E-state index is 13.6. The second kappa shape index (κ2) is 5.23. The van der Waals surface area contributed by atoms with E-state index in [0.717, 1.165) is 0 Å². The summed E-state index contributed by atoms with van der Waals surface area (Å²) in [7, 11) is 1.54. The van der Waals surface area contributed by atoms with Crippen LogP contribution < -0.4 is 4.90 Å². The van der Waals surface area contributed by atoms with Crippen molar-refractivity contribution in [2.45, 2.75) is 4.90 Å². The maximum Gasteiger partial charge on any atom is 0.259 e. The number of anilines is 1. The van der Waals surface area contributed by atoms with Crippen LogP contribution in [0.3, 0.4) is 0 Å². The summed E-state index contributed by atoms with van der Waals surface area (Å²) in [5, 5.41) is 0. The summed E-state index contributed by atoms with van der Waals surface area (Å²) in [5.74, 6) is -0.712. The van der Waals surface area contributed by atoms with Crippen LogP contribution in [0.1, 0.15) is 10.4 Å². The SMILES string of the molecule is CN(C(=O)c1ccccc1S)c1ccccc1F. The summed E-state index contributed by atoms with van der Waals surface area (Å²) in [5.41, 5.74) is 0.700. The topological polar surface area (TPSA) is 20.3 Å². The smallest absolute Gasteiger partial charge is 0.259 e. The van der Waals surface area contributed by atoms with Crippen LogP contribution >= 0.6 is 12.6 Å². The Hall–Kier alpha value is -1.81. The molecule has 0 fully saturated rings. The zero-order valence-electron chi connectivity index (χ0n) is 9.80. The molecule has 92 valence electrons. The molecule has 0 unspecified atom stereocenters. The number of carbonyl (C=O) groups is 1. The molecule has 0 saturated carbocycles. The van der Waals surface area contributed by atoms with Gasteiger partial charge in [-0.2, -0.15) is 0 Å². The van der Waals surface area contributed by atoms with Crippen LogP contribution in [-0.4, -0.2) is 13.0 Å². The minimum atomic E-state index is -0.426. The molecule has 2 nitrogen and oxygen atoms in total. The average molecular weight is 261 g/mol. The van der Waals surface area contributed by atoms with E-state index in [9.17, 15) is 9.18 Å². The van der Waals surface area contributed by atoms with Gasteiger partial charge in [-0.15, -0.1) is 12.6 Å². The molecule has 0 aliphatic carbocycles. The van der Waals surface area contributed by atoms with Crippen LogP contribution in [0.15, 0.2) is 53.4 Å². The number of amides is 1. The number of rotatable bonds is 2. The molecule has 0 radical (unpaired) electrons. The molecule has 18 heavy (non-hydrogen) atoms. The number of hydrogen-bond donors (Lipinski definition) is 1. The molecule has 2 aromatic rings.